The van der Waals surface area contributed by atoms with Crippen LogP contribution in [0.5, 0.6) is 5.75 Å². The van der Waals surface area contributed by atoms with Gasteiger partial charge in [0.05, 0.1) is 6.10 Å². The van der Waals surface area contributed by atoms with Crippen molar-refractivity contribution in [3.8, 4) is 5.75 Å². The molecule has 0 saturated carbocycles. The molecule has 0 amide bonds. The van der Waals surface area contributed by atoms with Crippen LogP contribution in [0, 0.1) is 6.92 Å². The first-order valence-electron chi connectivity index (χ1n) is 6.22. The zero-order valence-electron chi connectivity index (χ0n) is 11.2. The molecule has 0 aliphatic heterocycles. The van der Waals surface area contributed by atoms with Crippen molar-refractivity contribution in [3.63, 3.8) is 0 Å². The Kier molecular flexibility index (Phi) is 5.20. The molecule has 1 atom stereocenters. The Morgan fingerprint density at radius 1 is 1.30 bits per heavy atom. The molecular weight excluding hydrogens is 274 g/mol. The Balaban J connectivity index is 1.75. The van der Waals surface area contributed by atoms with Gasteiger partial charge in [0.1, 0.15) is 12.4 Å². The maximum absolute atomic E-state index is 9.87. The lowest BCUT2D eigenvalue weighted by Gasteiger charge is -2.11. The van der Waals surface area contributed by atoms with Crippen molar-refractivity contribution >= 4 is 17.4 Å². The molecule has 20 heavy (non-hydrogen) atoms. The van der Waals surface area contributed by atoms with Crippen LogP contribution in [0.3, 0.4) is 0 Å². The van der Waals surface area contributed by atoms with E-state index in [-0.39, 0.29) is 6.61 Å². The monoisotopic (exact) mass is 291 g/mol. The minimum Gasteiger partial charge on any atom is -0.491 e. The van der Waals surface area contributed by atoms with Gasteiger partial charge in [-0.3, -0.25) is 0 Å². The Labute approximate surface area is 122 Å². The fraction of sp³-hybridized carbons (Fsp3) is 0.286. The van der Waals surface area contributed by atoms with Crippen molar-refractivity contribution < 1.29 is 9.84 Å². The number of nitrogens with zero attached hydrogens (tertiary/aromatic N) is 2. The van der Waals surface area contributed by atoms with Gasteiger partial charge in [-0.1, -0.05) is 11.8 Å². The molecule has 2 aromatic rings. The number of aliphatic hydroxyl groups is 1. The molecule has 0 spiro atoms. The van der Waals surface area contributed by atoms with E-state index in [1.807, 2.05) is 13.0 Å². The predicted octanol–water partition coefficient (Wildman–Crippen LogP) is 1.90. The van der Waals surface area contributed by atoms with Crippen LogP contribution in [-0.4, -0.2) is 33.5 Å². The van der Waals surface area contributed by atoms with E-state index in [2.05, 4.69) is 9.97 Å². The largest absolute Gasteiger partial charge is 0.491 e. The molecule has 0 fully saturated rings. The Morgan fingerprint density at radius 3 is 2.75 bits per heavy atom. The maximum atomic E-state index is 9.87. The number of nitrogens with two attached hydrogens (primary N) is 1. The molecule has 5 nitrogen and oxygen atoms in total. The lowest BCUT2D eigenvalue weighted by atomic mass is 10.3. The van der Waals surface area contributed by atoms with Crippen molar-refractivity contribution in [3.05, 3.63) is 42.2 Å². The van der Waals surface area contributed by atoms with E-state index in [9.17, 15) is 5.11 Å². The molecule has 0 bridgehead atoms. The quantitative estimate of drug-likeness (QED) is 0.480. The first kappa shape index (κ1) is 14.6. The second-order valence-corrected chi connectivity index (χ2v) is 5.31. The number of aromatic nitrogens is 2. The number of ether oxygens (including phenoxy) is 1. The van der Waals surface area contributed by atoms with Crippen molar-refractivity contribution in [1.29, 1.82) is 0 Å². The van der Waals surface area contributed by atoms with Crippen LogP contribution in [0.4, 0.5) is 5.69 Å². The van der Waals surface area contributed by atoms with Gasteiger partial charge in [0, 0.05) is 23.3 Å². The van der Waals surface area contributed by atoms with Crippen LogP contribution < -0.4 is 10.5 Å². The SMILES string of the molecule is Cc1ccnc(SCC(O)COc2ccc(N)cc2)n1. The third kappa shape index (κ3) is 4.71. The van der Waals surface area contributed by atoms with Crippen molar-refractivity contribution in [2.24, 2.45) is 0 Å². The smallest absolute Gasteiger partial charge is 0.187 e. The number of thioether (sulfide) groups is 1. The first-order valence-corrected chi connectivity index (χ1v) is 7.21. The second kappa shape index (κ2) is 7.12. The van der Waals surface area contributed by atoms with E-state index in [1.165, 1.54) is 11.8 Å². The number of hydrogen-bond acceptors (Lipinski definition) is 6. The summed E-state index contributed by atoms with van der Waals surface area (Å²) < 4.78 is 5.48. The molecule has 0 aliphatic carbocycles. The third-order valence-corrected chi connectivity index (χ3v) is 3.51. The fourth-order valence-electron chi connectivity index (χ4n) is 1.47. The summed E-state index contributed by atoms with van der Waals surface area (Å²) in [7, 11) is 0. The van der Waals surface area contributed by atoms with Gasteiger partial charge in [-0.05, 0) is 37.3 Å². The summed E-state index contributed by atoms with van der Waals surface area (Å²) in [4.78, 5) is 8.38. The van der Waals surface area contributed by atoms with Gasteiger partial charge in [-0.25, -0.2) is 9.97 Å². The Hall–Kier alpha value is -1.79. The lowest BCUT2D eigenvalue weighted by molar-refractivity contribution is 0.126. The molecule has 0 aliphatic rings. The molecular formula is C14H17N3O2S. The molecule has 1 unspecified atom stereocenters. The third-order valence-electron chi connectivity index (χ3n) is 2.50. The summed E-state index contributed by atoms with van der Waals surface area (Å²) in [5.74, 6) is 1.17. The van der Waals surface area contributed by atoms with Gasteiger partial charge >= 0.3 is 0 Å². The van der Waals surface area contributed by atoms with Crippen LogP contribution in [0.2, 0.25) is 0 Å². The Morgan fingerprint density at radius 2 is 2.05 bits per heavy atom. The lowest BCUT2D eigenvalue weighted by Crippen LogP contribution is -2.20. The van der Waals surface area contributed by atoms with Crippen LogP contribution in [-0.2, 0) is 0 Å². The topological polar surface area (TPSA) is 81.3 Å². The van der Waals surface area contributed by atoms with Gasteiger partial charge < -0.3 is 15.6 Å². The standard InChI is InChI=1S/C14H17N3O2S/c1-10-6-7-16-14(17-10)20-9-12(18)8-19-13-4-2-11(15)3-5-13/h2-7,12,18H,8-9,15H2,1H3. The summed E-state index contributed by atoms with van der Waals surface area (Å²) in [5.41, 5.74) is 7.18. The molecule has 6 heteroatoms. The van der Waals surface area contributed by atoms with E-state index in [0.29, 0.717) is 22.3 Å². The van der Waals surface area contributed by atoms with Gasteiger partial charge in [-0.2, -0.15) is 0 Å². The highest BCUT2D eigenvalue weighted by Gasteiger charge is 2.08. The van der Waals surface area contributed by atoms with Gasteiger partial charge in [-0.15, -0.1) is 0 Å². The number of nitrogen functional groups attached to an aromatic ring is 1. The molecule has 0 radical (unpaired) electrons. The molecule has 106 valence electrons. The van der Waals surface area contributed by atoms with Crippen LogP contribution >= 0.6 is 11.8 Å². The fourth-order valence-corrected chi connectivity index (χ4v) is 2.25. The second-order valence-electron chi connectivity index (χ2n) is 4.33. The zero-order chi connectivity index (χ0) is 14.4. The maximum Gasteiger partial charge on any atom is 0.187 e. The van der Waals surface area contributed by atoms with Crippen LogP contribution in [0.25, 0.3) is 0 Å². The molecule has 3 N–H and O–H groups in total. The summed E-state index contributed by atoms with van der Waals surface area (Å²) in [5, 5.41) is 10.5. The zero-order valence-corrected chi connectivity index (χ0v) is 12.0. The molecule has 0 saturated heterocycles. The normalized spacial score (nSPS) is 12.1. The van der Waals surface area contributed by atoms with E-state index in [1.54, 1.807) is 30.5 Å². The van der Waals surface area contributed by atoms with Crippen molar-refractivity contribution in [1.82, 2.24) is 9.97 Å². The number of hydrogen-bond donors (Lipinski definition) is 2. The van der Waals surface area contributed by atoms with E-state index < -0.39 is 6.10 Å². The van der Waals surface area contributed by atoms with E-state index in [4.69, 9.17) is 10.5 Å². The summed E-state index contributed by atoms with van der Waals surface area (Å²) in [6.07, 6.45) is 1.13. The summed E-state index contributed by atoms with van der Waals surface area (Å²) in [6, 6.07) is 8.91. The average molecular weight is 291 g/mol. The van der Waals surface area contributed by atoms with Crippen LogP contribution in [0.15, 0.2) is 41.7 Å². The minimum atomic E-state index is -0.582. The summed E-state index contributed by atoms with van der Waals surface area (Å²) in [6.45, 7) is 2.13. The highest BCUT2D eigenvalue weighted by atomic mass is 32.2. The number of aliphatic hydroxyl groups excluding tert-OH is 1. The molecule has 1 aromatic carbocycles. The number of benzene rings is 1. The van der Waals surface area contributed by atoms with Gasteiger partial charge in [0.25, 0.3) is 0 Å². The molecule has 1 heterocycles. The highest BCUT2D eigenvalue weighted by molar-refractivity contribution is 7.99. The Bertz CT molecular complexity index is 548. The van der Waals surface area contributed by atoms with E-state index in [0.717, 1.165) is 5.69 Å². The molecule has 1 aromatic heterocycles. The number of rotatable bonds is 6. The minimum absolute atomic E-state index is 0.225. The number of anilines is 1. The van der Waals surface area contributed by atoms with Gasteiger partial charge in [0.2, 0.25) is 0 Å². The van der Waals surface area contributed by atoms with Crippen molar-refractivity contribution in [2.45, 2.75) is 18.2 Å². The highest BCUT2D eigenvalue weighted by Crippen LogP contribution is 2.16. The first-order chi connectivity index (χ1) is 9.63. The van der Waals surface area contributed by atoms with E-state index >= 15 is 0 Å². The summed E-state index contributed by atoms with van der Waals surface area (Å²) >= 11 is 1.41. The average Bonchev–Trinajstić information content (AvgIpc) is 2.45. The van der Waals surface area contributed by atoms with Gasteiger partial charge in [0.15, 0.2) is 5.16 Å². The number of aryl methyl sites for hydroxylation is 1. The predicted molar refractivity (Wildman–Crippen MR) is 79.8 cm³/mol. The van der Waals surface area contributed by atoms with Crippen molar-refractivity contribution in [2.75, 3.05) is 18.1 Å². The molecule has 2 rings (SSSR count). The van der Waals surface area contributed by atoms with Crippen LogP contribution in [0.1, 0.15) is 5.69 Å².